The first kappa shape index (κ1) is 13.5. The van der Waals surface area contributed by atoms with E-state index >= 15 is 0 Å². The van der Waals surface area contributed by atoms with Gasteiger partial charge in [-0.3, -0.25) is 0 Å². The molecule has 0 heterocycles. The van der Waals surface area contributed by atoms with Crippen LogP contribution in [0.25, 0.3) is 0 Å². The van der Waals surface area contributed by atoms with Gasteiger partial charge in [-0.05, 0) is 33.7 Å². The molecule has 0 spiro atoms. The molecule has 0 aliphatic rings. The summed E-state index contributed by atoms with van der Waals surface area (Å²) in [5, 5.41) is 4.49. The normalized spacial score (nSPS) is 10.8. The molecule has 0 aliphatic carbocycles. The Morgan fingerprint density at radius 3 is 2.10 bits per heavy atom. The van der Waals surface area contributed by atoms with Gasteiger partial charge < -0.3 is 5.32 Å². The highest BCUT2D eigenvalue weighted by atomic mass is 79.9. The maximum absolute atomic E-state index is 3.39. The quantitative estimate of drug-likeness (QED) is 0.617. The monoisotopic (exact) mass is 273 g/mol. The molecule has 10 heavy (non-hydrogen) atoms. The summed E-state index contributed by atoms with van der Waals surface area (Å²) in [5.41, 5.74) is 0.280. The van der Waals surface area contributed by atoms with Gasteiger partial charge in [-0.25, -0.2) is 0 Å². The van der Waals surface area contributed by atoms with Crippen LogP contribution in [0.1, 0.15) is 27.2 Å². The molecule has 0 aromatic heterocycles. The summed E-state index contributed by atoms with van der Waals surface area (Å²) >= 11 is 3.38. The standard InChI is InChI=1S/C7H16BrN.BrH/c1-7(2,3)9-6-4-5-8;/h9H,4-6H2,1-3H3;1H. The molecule has 0 rings (SSSR count). The zero-order chi connectivity index (χ0) is 7.33. The molecule has 0 radical (unpaired) electrons. The fourth-order valence-electron chi connectivity index (χ4n) is 0.530. The Bertz CT molecular complexity index is 68.5. The lowest BCUT2D eigenvalue weighted by molar-refractivity contribution is 0.428. The van der Waals surface area contributed by atoms with Crippen molar-refractivity contribution in [3.8, 4) is 0 Å². The first-order valence-corrected chi connectivity index (χ1v) is 4.49. The van der Waals surface area contributed by atoms with E-state index < -0.39 is 0 Å². The van der Waals surface area contributed by atoms with Gasteiger partial charge in [-0.2, -0.15) is 0 Å². The smallest absolute Gasteiger partial charge is 0.00965 e. The topological polar surface area (TPSA) is 12.0 Å². The average Bonchev–Trinajstić information content (AvgIpc) is 1.63. The number of rotatable bonds is 3. The van der Waals surface area contributed by atoms with E-state index in [0.717, 1.165) is 11.9 Å². The summed E-state index contributed by atoms with van der Waals surface area (Å²) in [6.45, 7) is 7.65. The summed E-state index contributed by atoms with van der Waals surface area (Å²) in [7, 11) is 0. The molecule has 1 N–H and O–H groups in total. The second kappa shape index (κ2) is 6.62. The molecule has 0 fully saturated rings. The maximum Gasteiger partial charge on any atom is 0.00965 e. The average molecular weight is 275 g/mol. The molecule has 0 saturated heterocycles. The van der Waals surface area contributed by atoms with Gasteiger partial charge in [-0.15, -0.1) is 17.0 Å². The van der Waals surface area contributed by atoms with E-state index in [1.165, 1.54) is 6.42 Å². The molecule has 1 nitrogen and oxygen atoms in total. The van der Waals surface area contributed by atoms with E-state index in [1.807, 2.05) is 0 Å². The predicted octanol–water partition coefficient (Wildman–Crippen LogP) is 2.74. The Morgan fingerprint density at radius 2 is 1.80 bits per heavy atom. The third kappa shape index (κ3) is 11.7. The predicted molar refractivity (Wildman–Crippen MR) is 56.5 cm³/mol. The molecule has 0 aromatic rings. The van der Waals surface area contributed by atoms with Crippen molar-refractivity contribution in [3.05, 3.63) is 0 Å². The highest BCUT2D eigenvalue weighted by molar-refractivity contribution is 9.09. The third-order valence-electron chi connectivity index (χ3n) is 0.966. The van der Waals surface area contributed by atoms with E-state index in [2.05, 4.69) is 42.0 Å². The number of nitrogens with one attached hydrogen (secondary N) is 1. The van der Waals surface area contributed by atoms with Crippen molar-refractivity contribution in [3.63, 3.8) is 0 Å². The van der Waals surface area contributed by atoms with E-state index in [4.69, 9.17) is 0 Å². The van der Waals surface area contributed by atoms with Crippen molar-refractivity contribution in [2.45, 2.75) is 32.7 Å². The van der Waals surface area contributed by atoms with Crippen LogP contribution in [0.3, 0.4) is 0 Å². The highest BCUT2D eigenvalue weighted by Crippen LogP contribution is 1.98. The van der Waals surface area contributed by atoms with Gasteiger partial charge in [0, 0.05) is 10.9 Å². The van der Waals surface area contributed by atoms with Gasteiger partial charge in [0.2, 0.25) is 0 Å². The van der Waals surface area contributed by atoms with Gasteiger partial charge in [0.05, 0.1) is 0 Å². The third-order valence-corrected chi connectivity index (χ3v) is 1.53. The lowest BCUT2D eigenvalue weighted by Crippen LogP contribution is -2.36. The molecule has 3 heteroatoms. The highest BCUT2D eigenvalue weighted by Gasteiger charge is 2.06. The van der Waals surface area contributed by atoms with Crippen LogP contribution in [0, 0.1) is 0 Å². The Hall–Kier alpha value is 0.920. The SMILES string of the molecule is Br.CC(C)(C)NCCCBr. The Morgan fingerprint density at radius 1 is 1.30 bits per heavy atom. The van der Waals surface area contributed by atoms with Gasteiger partial charge in [0.25, 0.3) is 0 Å². The molecular formula is C7H17Br2N. The van der Waals surface area contributed by atoms with E-state index in [1.54, 1.807) is 0 Å². The molecular weight excluding hydrogens is 258 g/mol. The van der Waals surface area contributed by atoms with Crippen LogP contribution in [0.4, 0.5) is 0 Å². The van der Waals surface area contributed by atoms with Gasteiger partial charge in [-0.1, -0.05) is 15.9 Å². The molecule has 0 aliphatic heterocycles. The number of alkyl halides is 1. The molecule has 0 bridgehead atoms. The minimum Gasteiger partial charge on any atom is -0.312 e. The molecule has 0 aromatic carbocycles. The Kier molecular flexibility index (Phi) is 8.94. The van der Waals surface area contributed by atoms with Crippen LogP contribution < -0.4 is 5.32 Å². The summed E-state index contributed by atoms with van der Waals surface area (Å²) in [5.74, 6) is 0. The van der Waals surface area contributed by atoms with Crippen molar-refractivity contribution in [2.24, 2.45) is 0 Å². The summed E-state index contributed by atoms with van der Waals surface area (Å²) in [6, 6.07) is 0. The summed E-state index contributed by atoms with van der Waals surface area (Å²) in [4.78, 5) is 0. The van der Waals surface area contributed by atoms with Crippen molar-refractivity contribution in [1.82, 2.24) is 5.32 Å². The van der Waals surface area contributed by atoms with E-state index in [9.17, 15) is 0 Å². The van der Waals surface area contributed by atoms with Gasteiger partial charge in [0.15, 0.2) is 0 Å². The minimum atomic E-state index is 0. The van der Waals surface area contributed by atoms with Crippen LogP contribution in [0.5, 0.6) is 0 Å². The van der Waals surface area contributed by atoms with Gasteiger partial charge >= 0.3 is 0 Å². The molecule has 0 unspecified atom stereocenters. The van der Waals surface area contributed by atoms with Crippen molar-refractivity contribution in [2.75, 3.05) is 11.9 Å². The van der Waals surface area contributed by atoms with Crippen LogP contribution in [0.15, 0.2) is 0 Å². The molecule has 0 amide bonds. The van der Waals surface area contributed by atoms with Crippen LogP contribution in [0.2, 0.25) is 0 Å². The largest absolute Gasteiger partial charge is 0.312 e. The lowest BCUT2D eigenvalue weighted by atomic mass is 10.1. The molecule has 64 valence electrons. The first-order valence-electron chi connectivity index (χ1n) is 3.37. The van der Waals surface area contributed by atoms with Gasteiger partial charge in [0.1, 0.15) is 0 Å². The number of hydrogen-bond donors (Lipinski definition) is 1. The van der Waals surface area contributed by atoms with Crippen LogP contribution in [-0.4, -0.2) is 17.4 Å². The summed E-state index contributed by atoms with van der Waals surface area (Å²) < 4.78 is 0. The van der Waals surface area contributed by atoms with Crippen LogP contribution >= 0.6 is 32.9 Å². The lowest BCUT2D eigenvalue weighted by Gasteiger charge is -2.19. The number of hydrogen-bond acceptors (Lipinski definition) is 1. The maximum atomic E-state index is 3.39. The minimum absolute atomic E-state index is 0. The molecule has 0 saturated carbocycles. The molecule has 0 atom stereocenters. The zero-order valence-electron chi connectivity index (χ0n) is 6.91. The van der Waals surface area contributed by atoms with E-state index in [-0.39, 0.29) is 22.5 Å². The summed E-state index contributed by atoms with van der Waals surface area (Å²) in [6.07, 6.45) is 1.21. The van der Waals surface area contributed by atoms with Crippen molar-refractivity contribution in [1.29, 1.82) is 0 Å². The Labute approximate surface area is 82.9 Å². The second-order valence-electron chi connectivity index (χ2n) is 3.22. The fourth-order valence-corrected chi connectivity index (χ4v) is 0.811. The van der Waals surface area contributed by atoms with Crippen molar-refractivity contribution < 1.29 is 0 Å². The first-order chi connectivity index (χ1) is 4.06. The Balaban J connectivity index is 0. The van der Waals surface area contributed by atoms with Crippen LogP contribution in [-0.2, 0) is 0 Å². The van der Waals surface area contributed by atoms with E-state index in [0.29, 0.717) is 0 Å². The second-order valence-corrected chi connectivity index (χ2v) is 4.01. The fraction of sp³-hybridized carbons (Fsp3) is 1.00. The number of halogens is 2. The zero-order valence-corrected chi connectivity index (χ0v) is 10.2. The van der Waals surface area contributed by atoms with Crippen molar-refractivity contribution >= 4 is 32.9 Å².